The van der Waals surface area contributed by atoms with E-state index in [1.54, 1.807) is 13.8 Å². The summed E-state index contributed by atoms with van der Waals surface area (Å²) in [6.07, 6.45) is 0.370. The lowest BCUT2D eigenvalue weighted by Crippen LogP contribution is -2.12. The summed E-state index contributed by atoms with van der Waals surface area (Å²) in [7, 11) is 0. The molecule has 2 aromatic carbocycles. The van der Waals surface area contributed by atoms with Crippen molar-refractivity contribution in [2.75, 3.05) is 13.2 Å². The molecule has 3 rings (SSSR count). The van der Waals surface area contributed by atoms with Crippen LogP contribution in [-0.2, 0) is 15.9 Å². The fraction of sp³-hybridized carbons (Fsp3) is 0.286. The molecule has 0 aliphatic heterocycles. The average Bonchev–Trinajstić information content (AvgIpc) is 3.08. The third-order valence-corrected chi connectivity index (χ3v) is 4.49. The van der Waals surface area contributed by atoms with E-state index >= 15 is 0 Å². The van der Waals surface area contributed by atoms with E-state index in [1.807, 2.05) is 31.2 Å². The molecule has 1 aromatic heterocycles. The van der Waals surface area contributed by atoms with Crippen molar-refractivity contribution in [2.24, 2.45) is 0 Å². The molecule has 0 saturated heterocycles. The van der Waals surface area contributed by atoms with Crippen LogP contribution in [-0.4, -0.2) is 35.3 Å². The Bertz CT molecular complexity index is 956. The Morgan fingerprint density at radius 3 is 2.44 bits per heavy atom. The Morgan fingerprint density at radius 2 is 1.70 bits per heavy atom. The maximum absolute atomic E-state index is 12.3. The summed E-state index contributed by atoms with van der Waals surface area (Å²) >= 11 is 0. The van der Waals surface area contributed by atoms with Crippen molar-refractivity contribution in [1.82, 2.24) is 10.2 Å². The molecule has 140 valence electrons. The van der Waals surface area contributed by atoms with Crippen molar-refractivity contribution in [3.8, 4) is 0 Å². The lowest BCUT2D eigenvalue weighted by molar-refractivity contribution is 0.0513. The number of rotatable bonds is 6. The quantitative estimate of drug-likeness (QED) is 0.671. The first-order valence-electron chi connectivity index (χ1n) is 8.95. The molecule has 0 aliphatic carbocycles. The van der Waals surface area contributed by atoms with Crippen LogP contribution in [0.4, 0.5) is 0 Å². The first kappa shape index (κ1) is 18.6. The average molecular weight is 366 g/mol. The molecule has 0 radical (unpaired) electrons. The van der Waals surface area contributed by atoms with Crippen molar-refractivity contribution in [3.63, 3.8) is 0 Å². The zero-order valence-corrected chi connectivity index (χ0v) is 15.7. The van der Waals surface area contributed by atoms with E-state index in [9.17, 15) is 9.59 Å². The topological polar surface area (TPSA) is 81.3 Å². The van der Waals surface area contributed by atoms with Gasteiger partial charge in [0, 0.05) is 12.0 Å². The molecule has 0 amide bonds. The highest BCUT2D eigenvalue weighted by Gasteiger charge is 2.26. The number of hydrogen-bond acceptors (Lipinski definition) is 5. The number of hydrogen-bond donors (Lipinski definition) is 1. The summed E-state index contributed by atoms with van der Waals surface area (Å²) in [4.78, 5) is 24.6. The summed E-state index contributed by atoms with van der Waals surface area (Å²) in [5, 5.41) is 8.95. The van der Waals surface area contributed by atoms with Gasteiger partial charge in [0.15, 0.2) is 5.69 Å². The first-order chi connectivity index (χ1) is 13.1. The molecular weight excluding hydrogens is 344 g/mol. The minimum Gasteiger partial charge on any atom is -0.461 e. The van der Waals surface area contributed by atoms with E-state index in [-0.39, 0.29) is 24.6 Å². The maximum Gasteiger partial charge on any atom is 0.359 e. The lowest BCUT2D eigenvalue weighted by atomic mass is 9.94. The second kappa shape index (κ2) is 8.03. The minimum atomic E-state index is -0.558. The van der Waals surface area contributed by atoms with Crippen LogP contribution in [0.3, 0.4) is 0 Å². The number of aryl methyl sites for hydroxylation is 1. The Hall–Kier alpha value is -3.15. The van der Waals surface area contributed by atoms with Gasteiger partial charge in [-0.3, -0.25) is 5.10 Å². The van der Waals surface area contributed by atoms with Crippen molar-refractivity contribution in [1.29, 1.82) is 0 Å². The number of ether oxygens (including phenoxy) is 2. The predicted octanol–water partition coefficient (Wildman–Crippen LogP) is 3.82. The van der Waals surface area contributed by atoms with Crippen LogP contribution in [0, 0.1) is 6.92 Å². The molecule has 0 saturated carbocycles. The molecule has 3 aromatic rings. The number of aromatic nitrogens is 2. The lowest BCUT2D eigenvalue weighted by Gasteiger charge is -2.11. The third-order valence-electron chi connectivity index (χ3n) is 4.49. The molecule has 0 unspecified atom stereocenters. The Balaban J connectivity index is 2.07. The van der Waals surface area contributed by atoms with Gasteiger partial charge < -0.3 is 9.47 Å². The summed E-state index contributed by atoms with van der Waals surface area (Å²) in [5.41, 5.74) is 2.90. The maximum atomic E-state index is 12.3. The van der Waals surface area contributed by atoms with E-state index in [4.69, 9.17) is 9.47 Å². The fourth-order valence-electron chi connectivity index (χ4n) is 3.13. The van der Waals surface area contributed by atoms with E-state index in [1.165, 1.54) is 0 Å². The Labute approximate surface area is 157 Å². The van der Waals surface area contributed by atoms with Gasteiger partial charge in [-0.2, -0.15) is 5.10 Å². The molecule has 1 heterocycles. The number of H-pyrrole nitrogens is 1. The highest BCUT2D eigenvalue weighted by Crippen LogP contribution is 2.26. The van der Waals surface area contributed by atoms with Crippen molar-refractivity contribution < 1.29 is 19.1 Å². The van der Waals surface area contributed by atoms with Gasteiger partial charge in [-0.05, 0) is 42.7 Å². The summed E-state index contributed by atoms with van der Waals surface area (Å²) < 4.78 is 10.2. The zero-order valence-electron chi connectivity index (χ0n) is 15.7. The van der Waals surface area contributed by atoms with Crippen molar-refractivity contribution in [3.05, 3.63) is 64.5 Å². The van der Waals surface area contributed by atoms with Crippen LogP contribution in [0.5, 0.6) is 0 Å². The van der Waals surface area contributed by atoms with Crippen LogP contribution >= 0.6 is 0 Å². The van der Waals surface area contributed by atoms with Crippen LogP contribution in [0.15, 0.2) is 36.4 Å². The molecule has 0 spiro atoms. The number of carbonyl (C=O) groups excluding carboxylic acids is 2. The second-order valence-corrected chi connectivity index (χ2v) is 6.11. The van der Waals surface area contributed by atoms with Gasteiger partial charge in [-0.1, -0.05) is 36.4 Å². The second-order valence-electron chi connectivity index (χ2n) is 6.11. The van der Waals surface area contributed by atoms with E-state index in [0.29, 0.717) is 12.0 Å². The molecule has 0 fully saturated rings. The summed E-state index contributed by atoms with van der Waals surface area (Å²) in [6.45, 7) is 5.96. The van der Waals surface area contributed by atoms with Gasteiger partial charge in [0.2, 0.25) is 0 Å². The standard InChI is InChI=1S/C21H22N2O4/c1-4-26-20(24)18-17(19(23-22-18)21(25)27-5-2)12-15-11-10-14-8-6-7-9-16(14)13(15)3/h6-11H,4-5,12H2,1-3H3,(H,22,23). The van der Waals surface area contributed by atoms with Crippen LogP contribution in [0.2, 0.25) is 0 Å². The highest BCUT2D eigenvalue weighted by atomic mass is 16.5. The molecule has 6 nitrogen and oxygen atoms in total. The molecular formula is C21H22N2O4. The number of fused-ring (bicyclic) bond motifs is 1. The number of nitrogens with one attached hydrogen (secondary N) is 1. The third kappa shape index (κ3) is 3.69. The molecule has 0 atom stereocenters. The van der Waals surface area contributed by atoms with Crippen LogP contribution in [0.1, 0.15) is 51.5 Å². The van der Waals surface area contributed by atoms with Gasteiger partial charge >= 0.3 is 11.9 Å². The number of aromatic amines is 1. The smallest absolute Gasteiger partial charge is 0.359 e. The number of carbonyl (C=O) groups is 2. The monoisotopic (exact) mass is 366 g/mol. The summed E-state index contributed by atoms with van der Waals surface area (Å²) in [5.74, 6) is -1.09. The minimum absolute atomic E-state index is 0.118. The van der Waals surface area contributed by atoms with E-state index < -0.39 is 11.9 Å². The highest BCUT2D eigenvalue weighted by molar-refractivity contribution is 5.96. The molecule has 6 heteroatoms. The van der Waals surface area contributed by atoms with E-state index in [2.05, 4.69) is 22.3 Å². The SMILES string of the molecule is CCOC(=O)c1n[nH]c(C(=O)OCC)c1Cc1ccc2ccccc2c1C. The number of nitrogens with zero attached hydrogens (tertiary/aromatic N) is 1. The zero-order chi connectivity index (χ0) is 19.4. The predicted molar refractivity (Wildman–Crippen MR) is 102 cm³/mol. The van der Waals surface area contributed by atoms with E-state index in [0.717, 1.165) is 21.9 Å². The van der Waals surface area contributed by atoms with Gasteiger partial charge in [0.1, 0.15) is 5.69 Å². The Kier molecular flexibility index (Phi) is 5.54. The van der Waals surface area contributed by atoms with Gasteiger partial charge in [-0.25, -0.2) is 9.59 Å². The number of benzene rings is 2. The van der Waals surface area contributed by atoms with Crippen LogP contribution < -0.4 is 0 Å². The fourth-order valence-corrected chi connectivity index (χ4v) is 3.13. The molecule has 0 bridgehead atoms. The summed E-state index contributed by atoms with van der Waals surface area (Å²) in [6, 6.07) is 12.1. The van der Waals surface area contributed by atoms with Crippen molar-refractivity contribution in [2.45, 2.75) is 27.2 Å². The normalized spacial score (nSPS) is 10.8. The van der Waals surface area contributed by atoms with Crippen LogP contribution in [0.25, 0.3) is 10.8 Å². The molecule has 0 aliphatic rings. The molecule has 27 heavy (non-hydrogen) atoms. The number of esters is 2. The van der Waals surface area contributed by atoms with Gasteiger partial charge in [0.05, 0.1) is 13.2 Å². The largest absolute Gasteiger partial charge is 0.461 e. The van der Waals surface area contributed by atoms with Gasteiger partial charge in [-0.15, -0.1) is 0 Å². The van der Waals surface area contributed by atoms with Crippen molar-refractivity contribution >= 4 is 22.7 Å². The Morgan fingerprint density at radius 1 is 1.00 bits per heavy atom. The van der Waals surface area contributed by atoms with Gasteiger partial charge in [0.25, 0.3) is 0 Å². The molecule has 1 N–H and O–H groups in total. The first-order valence-corrected chi connectivity index (χ1v) is 8.95.